The highest BCUT2D eigenvalue weighted by Gasteiger charge is 2.19. The zero-order valence-corrected chi connectivity index (χ0v) is 13.8. The average molecular weight is 292 g/mol. The summed E-state index contributed by atoms with van der Waals surface area (Å²) in [5, 5.41) is 6.10. The summed E-state index contributed by atoms with van der Waals surface area (Å²) in [6.45, 7) is 12.4. The molecule has 0 aromatic carbocycles. The molecule has 1 amide bonds. The van der Waals surface area contributed by atoms with E-state index in [1.807, 2.05) is 0 Å². The molecule has 0 aliphatic rings. The van der Waals surface area contributed by atoms with Gasteiger partial charge in [0, 0.05) is 13.1 Å². The molecule has 21 heavy (non-hydrogen) atoms. The van der Waals surface area contributed by atoms with Crippen molar-refractivity contribution in [2.45, 2.75) is 41.0 Å². The van der Waals surface area contributed by atoms with Crippen LogP contribution in [0.1, 0.15) is 51.5 Å². The average Bonchev–Trinajstić information content (AvgIpc) is 2.44. The molecule has 0 atom stereocenters. The van der Waals surface area contributed by atoms with E-state index in [0.717, 1.165) is 13.0 Å². The molecular weight excluding hydrogens is 264 g/mol. The van der Waals surface area contributed by atoms with E-state index >= 15 is 0 Å². The molecular formula is C16H28N4O. The van der Waals surface area contributed by atoms with Gasteiger partial charge in [0.1, 0.15) is 11.5 Å². The molecule has 0 spiro atoms. The van der Waals surface area contributed by atoms with E-state index in [-0.39, 0.29) is 5.91 Å². The number of anilines is 1. The summed E-state index contributed by atoms with van der Waals surface area (Å²) in [4.78, 5) is 20.4. The highest BCUT2D eigenvalue weighted by molar-refractivity contribution is 5.91. The van der Waals surface area contributed by atoms with Crippen LogP contribution < -0.4 is 10.6 Å². The summed E-state index contributed by atoms with van der Waals surface area (Å²) in [7, 11) is 0. The van der Waals surface area contributed by atoms with Crippen molar-refractivity contribution in [2.75, 3.05) is 18.4 Å². The second-order valence-corrected chi connectivity index (χ2v) is 6.08. The molecule has 5 nitrogen and oxygen atoms in total. The van der Waals surface area contributed by atoms with Crippen molar-refractivity contribution in [3.8, 4) is 0 Å². The first-order chi connectivity index (χ1) is 9.95. The van der Waals surface area contributed by atoms with Crippen LogP contribution in [0.3, 0.4) is 0 Å². The maximum Gasteiger partial charge on any atom is 0.271 e. The van der Waals surface area contributed by atoms with Crippen molar-refractivity contribution in [3.63, 3.8) is 0 Å². The van der Waals surface area contributed by atoms with Gasteiger partial charge in [-0.05, 0) is 24.2 Å². The summed E-state index contributed by atoms with van der Waals surface area (Å²) >= 11 is 0. The fraction of sp³-hybridized carbons (Fsp3) is 0.688. The van der Waals surface area contributed by atoms with Gasteiger partial charge in [-0.15, -0.1) is 0 Å². The Morgan fingerprint density at radius 2 is 1.81 bits per heavy atom. The monoisotopic (exact) mass is 292 g/mol. The molecule has 1 heterocycles. The highest BCUT2D eigenvalue weighted by atomic mass is 16.1. The number of hydrogen-bond acceptors (Lipinski definition) is 4. The molecule has 0 aliphatic carbocycles. The molecule has 0 aliphatic heterocycles. The summed E-state index contributed by atoms with van der Waals surface area (Å²) in [5.74, 6) is 2.09. The van der Waals surface area contributed by atoms with E-state index in [2.05, 4.69) is 55.2 Å². The molecule has 1 aromatic rings. The van der Waals surface area contributed by atoms with Gasteiger partial charge >= 0.3 is 0 Å². The summed E-state index contributed by atoms with van der Waals surface area (Å²) in [6, 6.07) is 0. The number of carbonyl (C=O) groups is 1. The number of carbonyl (C=O) groups excluding carboxylic acids is 1. The second-order valence-electron chi connectivity index (χ2n) is 6.08. The molecule has 118 valence electrons. The molecule has 1 aromatic heterocycles. The Morgan fingerprint density at radius 1 is 1.14 bits per heavy atom. The van der Waals surface area contributed by atoms with Gasteiger partial charge < -0.3 is 10.6 Å². The van der Waals surface area contributed by atoms with E-state index in [0.29, 0.717) is 35.8 Å². The van der Waals surface area contributed by atoms with E-state index in [4.69, 9.17) is 0 Å². The van der Waals surface area contributed by atoms with E-state index in [9.17, 15) is 4.79 Å². The van der Waals surface area contributed by atoms with Crippen LogP contribution >= 0.6 is 0 Å². The molecule has 0 radical (unpaired) electrons. The first kappa shape index (κ1) is 17.4. The number of aromatic nitrogens is 2. The minimum Gasteiger partial charge on any atom is -0.369 e. The lowest BCUT2D eigenvalue weighted by atomic mass is 9.85. The zero-order chi connectivity index (χ0) is 15.8. The molecule has 2 N–H and O–H groups in total. The molecule has 0 saturated heterocycles. The minimum absolute atomic E-state index is 0.157. The zero-order valence-electron chi connectivity index (χ0n) is 13.8. The highest BCUT2D eigenvalue weighted by Crippen LogP contribution is 2.19. The SMILES string of the molecule is CCCNc1cnc(C(=O)NCC(C(C)C)C(C)C)cn1. The Kier molecular flexibility index (Phi) is 7.12. The maximum absolute atomic E-state index is 12.1. The van der Waals surface area contributed by atoms with Crippen LogP contribution in [0.2, 0.25) is 0 Å². The minimum atomic E-state index is -0.157. The number of hydrogen-bond donors (Lipinski definition) is 2. The molecule has 0 bridgehead atoms. The lowest BCUT2D eigenvalue weighted by Gasteiger charge is -2.24. The summed E-state index contributed by atoms with van der Waals surface area (Å²) in [6.07, 6.45) is 4.15. The molecule has 1 rings (SSSR count). The topological polar surface area (TPSA) is 66.9 Å². The van der Waals surface area contributed by atoms with Gasteiger partial charge in [-0.1, -0.05) is 34.6 Å². The lowest BCUT2D eigenvalue weighted by molar-refractivity contribution is 0.0932. The van der Waals surface area contributed by atoms with Gasteiger partial charge in [0.15, 0.2) is 0 Å². The predicted octanol–water partition coefficient (Wildman–Crippen LogP) is 2.96. The maximum atomic E-state index is 12.1. The number of nitrogens with zero attached hydrogens (tertiary/aromatic N) is 2. The van der Waals surface area contributed by atoms with E-state index in [1.165, 1.54) is 6.20 Å². The van der Waals surface area contributed by atoms with Crippen LogP contribution in [0.15, 0.2) is 12.4 Å². The van der Waals surface area contributed by atoms with Gasteiger partial charge in [-0.2, -0.15) is 0 Å². The molecule has 0 fully saturated rings. The second kappa shape index (κ2) is 8.60. The van der Waals surface area contributed by atoms with Gasteiger partial charge in [0.05, 0.1) is 12.4 Å². The number of nitrogens with one attached hydrogen (secondary N) is 2. The van der Waals surface area contributed by atoms with Crippen molar-refractivity contribution in [1.82, 2.24) is 15.3 Å². The van der Waals surface area contributed by atoms with Crippen LogP contribution in [0.4, 0.5) is 5.82 Å². The van der Waals surface area contributed by atoms with E-state index in [1.54, 1.807) is 6.20 Å². The van der Waals surface area contributed by atoms with Crippen molar-refractivity contribution >= 4 is 11.7 Å². The van der Waals surface area contributed by atoms with E-state index < -0.39 is 0 Å². The Balaban J connectivity index is 2.55. The fourth-order valence-electron chi connectivity index (χ4n) is 2.33. The quantitative estimate of drug-likeness (QED) is 0.773. The van der Waals surface area contributed by atoms with Crippen LogP contribution in [0, 0.1) is 17.8 Å². The van der Waals surface area contributed by atoms with Gasteiger partial charge in [-0.3, -0.25) is 4.79 Å². The molecule has 0 saturated carbocycles. The molecule has 0 unspecified atom stereocenters. The molecule has 5 heteroatoms. The Morgan fingerprint density at radius 3 is 2.29 bits per heavy atom. The third-order valence-corrected chi connectivity index (χ3v) is 3.65. The van der Waals surface area contributed by atoms with Gasteiger partial charge in [0.25, 0.3) is 5.91 Å². The largest absolute Gasteiger partial charge is 0.369 e. The first-order valence-corrected chi connectivity index (χ1v) is 7.79. The number of rotatable bonds is 8. The summed E-state index contributed by atoms with van der Waals surface area (Å²) in [5.41, 5.74) is 0.364. The van der Waals surface area contributed by atoms with Crippen LogP contribution in [0.25, 0.3) is 0 Å². The fourth-order valence-corrected chi connectivity index (χ4v) is 2.33. The summed E-state index contributed by atoms with van der Waals surface area (Å²) < 4.78 is 0. The van der Waals surface area contributed by atoms with Crippen LogP contribution in [-0.4, -0.2) is 29.0 Å². The lowest BCUT2D eigenvalue weighted by Crippen LogP contribution is -2.34. The normalized spacial score (nSPS) is 11.2. The van der Waals surface area contributed by atoms with Crippen LogP contribution in [0.5, 0.6) is 0 Å². The third kappa shape index (κ3) is 5.69. The van der Waals surface area contributed by atoms with Gasteiger partial charge in [-0.25, -0.2) is 9.97 Å². The Labute approximate surface area is 128 Å². The number of amides is 1. The van der Waals surface area contributed by atoms with Crippen molar-refractivity contribution in [1.29, 1.82) is 0 Å². The van der Waals surface area contributed by atoms with Crippen molar-refractivity contribution in [2.24, 2.45) is 17.8 Å². The standard InChI is InChI=1S/C16H28N4O/c1-6-7-17-15-10-18-14(9-19-15)16(21)20-8-13(11(2)3)12(4)5/h9-13H,6-8H2,1-5H3,(H,17,19)(H,20,21). The van der Waals surface area contributed by atoms with Crippen molar-refractivity contribution < 1.29 is 4.79 Å². The van der Waals surface area contributed by atoms with Gasteiger partial charge in [0.2, 0.25) is 0 Å². The van der Waals surface area contributed by atoms with Crippen LogP contribution in [-0.2, 0) is 0 Å². The first-order valence-electron chi connectivity index (χ1n) is 7.79. The Bertz CT molecular complexity index is 420. The Hall–Kier alpha value is -1.65. The predicted molar refractivity (Wildman–Crippen MR) is 86.3 cm³/mol. The smallest absolute Gasteiger partial charge is 0.271 e. The third-order valence-electron chi connectivity index (χ3n) is 3.65. The van der Waals surface area contributed by atoms with Crippen molar-refractivity contribution in [3.05, 3.63) is 18.1 Å².